The van der Waals surface area contributed by atoms with Gasteiger partial charge in [0.25, 0.3) is 0 Å². The number of pyridine rings is 1. The minimum atomic E-state index is -0.464. The monoisotopic (exact) mass is 358 g/mol. The summed E-state index contributed by atoms with van der Waals surface area (Å²) in [5.41, 5.74) is 3.11. The Labute approximate surface area is 148 Å². The molecule has 1 amide bonds. The molecule has 8 heteroatoms. The summed E-state index contributed by atoms with van der Waals surface area (Å²) in [5.74, 6) is -0.263. The van der Waals surface area contributed by atoms with Crippen LogP contribution < -0.4 is 10.7 Å². The first-order chi connectivity index (χ1) is 11.9. The number of carbonyl (C=O) groups excluding carboxylic acids is 1. The van der Waals surface area contributed by atoms with Crippen LogP contribution in [-0.2, 0) is 18.4 Å². The molecule has 1 aromatic carbocycles. The van der Waals surface area contributed by atoms with E-state index < -0.39 is 5.43 Å². The molecule has 3 N–H and O–H groups in total. The number of H-pyrrole nitrogens is 1. The molecule has 7 nitrogen and oxygen atoms in total. The molecule has 0 spiro atoms. The fourth-order valence-electron chi connectivity index (χ4n) is 2.38. The first-order valence-corrected chi connectivity index (χ1v) is 8.65. The van der Waals surface area contributed by atoms with Crippen LogP contribution in [0.3, 0.4) is 0 Å². The van der Waals surface area contributed by atoms with Gasteiger partial charge < -0.3 is 20.0 Å². The normalized spacial score (nSPS) is 11.0. The topological polar surface area (TPSA) is 100 Å². The molecule has 0 atom stereocenters. The number of imidazole rings is 1. The number of benzene rings is 1. The second-order valence-corrected chi connectivity index (χ2v) is 6.72. The number of aromatic nitrogens is 3. The Morgan fingerprint density at radius 2 is 2.20 bits per heavy atom. The number of nitrogens with one attached hydrogen (secondary N) is 2. The van der Waals surface area contributed by atoms with Crippen LogP contribution in [0.5, 0.6) is 5.75 Å². The molecule has 0 aliphatic carbocycles. The fraction of sp³-hybridized carbons (Fsp3) is 0.235. The van der Waals surface area contributed by atoms with E-state index in [0.717, 1.165) is 16.6 Å². The summed E-state index contributed by atoms with van der Waals surface area (Å²) >= 11 is 1.32. The Morgan fingerprint density at radius 1 is 1.40 bits per heavy atom. The van der Waals surface area contributed by atoms with Crippen molar-refractivity contribution < 1.29 is 9.90 Å². The number of rotatable bonds is 5. The molecule has 3 aromatic rings. The van der Waals surface area contributed by atoms with E-state index in [4.69, 9.17) is 0 Å². The van der Waals surface area contributed by atoms with Crippen LogP contribution in [0.25, 0.3) is 11.0 Å². The SMILES string of the molecule is Cc1ccc2nc(SCC(=O)NCc3cc(=O)c(O)cn3C)[nH]c2c1. The zero-order chi connectivity index (χ0) is 18.0. The Hall–Kier alpha value is -2.74. The summed E-state index contributed by atoms with van der Waals surface area (Å²) in [5, 5.41) is 12.8. The molecule has 0 saturated heterocycles. The van der Waals surface area contributed by atoms with Crippen LogP contribution >= 0.6 is 11.8 Å². The van der Waals surface area contributed by atoms with Crippen LogP contribution in [-0.4, -0.2) is 31.3 Å². The minimum Gasteiger partial charge on any atom is -0.503 e. The Morgan fingerprint density at radius 3 is 3.00 bits per heavy atom. The molecule has 0 saturated carbocycles. The zero-order valence-corrected chi connectivity index (χ0v) is 14.7. The van der Waals surface area contributed by atoms with Crippen molar-refractivity contribution in [1.29, 1.82) is 0 Å². The summed E-state index contributed by atoms with van der Waals surface area (Å²) in [6.45, 7) is 2.22. The summed E-state index contributed by atoms with van der Waals surface area (Å²) in [6.07, 6.45) is 1.33. The van der Waals surface area contributed by atoms with Gasteiger partial charge >= 0.3 is 0 Å². The maximum Gasteiger partial charge on any atom is 0.230 e. The average Bonchev–Trinajstić information content (AvgIpc) is 2.97. The molecule has 0 aliphatic heterocycles. The van der Waals surface area contributed by atoms with E-state index in [9.17, 15) is 14.7 Å². The number of hydrogen-bond donors (Lipinski definition) is 3. The van der Waals surface area contributed by atoms with E-state index in [0.29, 0.717) is 10.9 Å². The lowest BCUT2D eigenvalue weighted by molar-refractivity contribution is -0.118. The van der Waals surface area contributed by atoms with Crippen molar-refractivity contribution in [2.45, 2.75) is 18.6 Å². The van der Waals surface area contributed by atoms with Crippen molar-refractivity contribution in [3.63, 3.8) is 0 Å². The minimum absolute atomic E-state index is 0.165. The van der Waals surface area contributed by atoms with Crippen molar-refractivity contribution in [1.82, 2.24) is 19.9 Å². The average molecular weight is 358 g/mol. The van der Waals surface area contributed by atoms with E-state index in [1.165, 1.54) is 24.0 Å². The van der Waals surface area contributed by atoms with E-state index in [1.807, 2.05) is 25.1 Å². The van der Waals surface area contributed by atoms with Crippen molar-refractivity contribution in [2.24, 2.45) is 7.05 Å². The third-order valence-corrected chi connectivity index (χ3v) is 4.61. The first kappa shape index (κ1) is 17.1. The van der Waals surface area contributed by atoms with Crippen LogP contribution in [0.15, 0.2) is 40.4 Å². The Kier molecular flexibility index (Phi) is 4.80. The summed E-state index contributed by atoms with van der Waals surface area (Å²) in [6, 6.07) is 7.25. The maximum absolute atomic E-state index is 12.0. The summed E-state index contributed by atoms with van der Waals surface area (Å²) < 4.78 is 1.60. The molecular weight excluding hydrogens is 340 g/mol. The second kappa shape index (κ2) is 7.02. The maximum atomic E-state index is 12.0. The molecule has 2 heterocycles. The number of nitrogens with zero attached hydrogens (tertiary/aromatic N) is 2. The van der Waals surface area contributed by atoms with Gasteiger partial charge in [0, 0.05) is 25.0 Å². The van der Waals surface area contributed by atoms with Gasteiger partial charge in [0.05, 0.1) is 23.3 Å². The van der Waals surface area contributed by atoms with Gasteiger partial charge in [-0.15, -0.1) is 0 Å². The van der Waals surface area contributed by atoms with Crippen molar-refractivity contribution >= 4 is 28.7 Å². The van der Waals surface area contributed by atoms with Crippen molar-refractivity contribution in [3.05, 3.63) is 51.9 Å². The van der Waals surface area contributed by atoms with Crippen LogP contribution in [0, 0.1) is 6.92 Å². The highest BCUT2D eigenvalue weighted by Crippen LogP contribution is 2.20. The van der Waals surface area contributed by atoms with E-state index >= 15 is 0 Å². The lowest BCUT2D eigenvalue weighted by atomic mass is 10.2. The lowest BCUT2D eigenvalue weighted by Gasteiger charge is -2.09. The molecule has 2 aromatic heterocycles. The number of aromatic hydroxyl groups is 1. The van der Waals surface area contributed by atoms with Crippen molar-refractivity contribution in [3.8, 4) is 5.75 Å². The first-order valence-electron chi connectivity index (χ1n) is 7.67. The molecule has 0 aliphatic rings. The number of thioether (sulfide) groups is 1. The van der Waals surface area contributed by atoms with Gasteiger partial charge in [-0.3, -0.25) is 9.59 Å². The van der Waals surface area contributed by atoms with Gasteiger partial charge in [-0.2, -0.15) is 0 Å². The highest BCUT2D eigenvalue weighted by Gasteiger charge is 2.09. The molecule has 0 unspecified atom stereocenters. The standard InChI is InChI=1S/C17H18N4O3S/c1-10-3-4-12-13(5-10)20-17(19-12)25-9-16(24)18-7-11-6-14(22)15(23)8-21(11)2/h3-6,8,23H,7,9H2,1-2H3,(H,18,24)(H,19,20). The predicted octanol–water partition coefficient (Wildman–Crippen LogP) is 1.68. The number of aryl methyl sites for hydroxylation is 2. The molecule has 3 rings (SSSR count). The fourth-order valence-corrected chi connectivity index (χ4v) is 3.09. The summed E-state index contributed by atoms with van der Waals surface area (Å²) in [4.78, 5) is 31.1. The number of aromatic amines is 1. The largest absolute Gasteiger partial charge is 0.503 e. The van der Waals surface area contributed by atoms with Gasteiger partial charge in [-0.25, -0.2) is 4.98 Å². The summed E-state index contributed by atoms with van der Waals surface area (Å²) in [7, 11) is 1.70. The third-order valence-electron chi connectivity index (χ3n) is 3.74. The highest BCUT2D eigenvalue weighted by molar-refractivity contribution is 7.99. The van der Waals surface area contributed by atoms with Crippen molar-refractivity contribution in [2.75, 3.05) is 5.75 Å². The third kappa shape index (κ3) is 4.03. The van der Waals surface area contributed by atoms with Crippen LogP contribution in [0.1, 0.15) is 11.3 Å². The number of amides is 1. The van der Waals surface area contributed by atoms with Gasteiger partial charge in [0.2, 0.25) is 11.3 Å². The molecular formula is C17H18N4O3S. The van der Waals surface area contributed by atoms with E-state index in [2.05, 4.69) is 15.3 Å². The molecule has 130 valence electrons. The number of hydrogen-bond acceptors (Lipinski definition) is 5. The zero-order valence-electron chi connectivity index (χ0n) is 13.9. The van der Waals surface area contributed by atoms with Gasteiger partial charge in [-0.1, -0.05) is 17.8 Å². The van der Waals surface area contributed by atoms with Gasteiger partial charge in [0.15, 0.2) is 10.9 Å². The molecule has 0 radical (unpaired) electrons. The van der Waals surface area contributed by atoms with Gasteiger partial charge in [0.1, 0.15) is 0 Å². The smallest absolute Gasteiger partial charge is 0.230 e. The van der Waals surface area contributed by atoms with Gasteiger partial charge in [-0.05, 0) is 24.6 Å². The molecule has 0 bridgehead atoms. The quantitative estimate of drug-likeness (QED) is 0.603. The highest BCUT2D eigenvalue weighted by atomic mass is 32.2. The molecule has 25 heavy (non-hydrogen) atoms. The van der Waals surface area contributed by atoms with Crippen LogP contribution in [0.2, 0.25) is 0 Å². The number of fused-ring (bicyclic) bond motifs is 1. The van der Waals surface area contributed by atoms with E-state index in [1.54, 1.807) is 11.6 Å². The Balaban J connectivity index is 1.57. The number of carbonyl (C=O) groups is 1. The van der Waals surface area contributed by atoms with Crippen LogP contribution in [0.4, 0.5) is 0 Å². The Bertz CT molecular complexity index is 993. The van der Waals surface area contributed by atoms with E-state index in [-0.39, 0.29) is 24.0 Å². The lowest BCUT2D eigenvalue weighted by Crippen LogP contribution is -2.26. The second-order valence-electron chi connectivity index (χ2n) is 5.75. The predicted molar refractivity (Wildman–Crippen MR) is 96.7 cm³/mol. The molecule has 0 fully saturated rings.